The smallest absolute Gasteiger partial charge is 0.240 e. The Morgan fingerprint density at radius 2 is 1.68 bits per heavy atom. The number of amides is 1. The molecule has 19 heavy (non-hydrogen) atoms. The van der Waals surface area contributed by atoms with Crippen LogP contribution in [0, 0.1) is 5.92 Å². The van der Waals surface area contributed by atoms with Crippen molar-refractivity contribution in [3.8, 4) is 0 Å². The lowest BCUT2D eigenvalue weighted by Crippen LogP contribution is -2.56. The monoisotopic (exact) mass is 269 g/mol. The summed E-state index contributed by atoms with van der Waals surface area (Å²) < 4.78 is 0. The third kappa shape index (κ3) is 4.77. The SMILES string of the molecule is CCCN(CCC)C(C(=O)N1CCNCC1)C(C)C. The lowest BCUT2D eigenvalue weighted by atomic mass is 9.99. The average Bonchev–Trinajstić information content (AvgIpc) is 2.40. The Labute approximate surface area is 118 Å². The van der Waals surface area contributed by atoms with Crippen LogP contribution in [0.5, 0.6) is 0 Å². The number of nitrogens with one attached hydrogen (secondary N) is 1. The van der Waals surface area contributed by atoms with E-state index in [1.807, 2.05) is 4.90 Å². The molecule has 1 amide bonds. The highest BCUT2D eigenvalue weighted by Crippen LogP contribution is 2.16. The number of rotatable bonds is 7. The third-order valence-electron chi connectivity index (χ3n) is 3.73. The van der Waals surface area contributed by atoms with Crippen molar-refractivity contribution < 1.29 is 4.79 Å². The van der Waals surface area contributed by atoms with E-state index in [4.69, 9.17) is 0 Å². The first-order valence-electron chi connectivity index (χ1n) is 7.85. The summed E-state index contributed by atoms with van der Waals surface area (Å²) in [6, 6.07) is 0.0537. The molecule has 1 rings (SSSR count). The van der Waals surface area contributed by atoms with Crippen LogP contribution in [-0.2, 0) is 4.79 Å². The Morgan fingerprint density at radius 3 is 2.11 bits per heavy atom. The molecule has 1 aliphatic rings. The molecule has 0 aliphatic carbocycles. The number of carbonyl (C=O) groups excluding carboxylic acids is 1. The number of nitrogens with zero attached hydrogens (tertiary/aromatic N) is 2. The largest absolute Gasteiger partial charge is 0.339 e. The predicted molar refractivity (Wildman–Crippen MR) is 80.2 cm³/mol. The lowest BCUT2D eigenvalue weighted by molar-refractivity contribution is -0.139. The molecule has 4 heteroatoms. The van der Waals surface area contributed by atoms with E-state index < -0.39 is 0 Å². The summed E-state index contributed by atoms with van der Waals surface area (Å²) in [6.07, 6.45) is 2.22. The van der Waals surface area contributed by atoms with Gasteiger partial charge in [-0.25, -0.2) is 0 Å². The molecule has 0 radical (unpaired) electrons. The van der Waals surface area contributed by atoms with Crippen LogP contribution in [0.3, 0.4) is 0 Å². The Hall–Kier alpha value is -0.610. The molecule has 1 atom stereocenters. The van der Waals surface area contributed by atoms with Gasteiger partial charge < -0.3 is 10.2 Å². The highest BCUT2D eigenvalue weighted by atomic mass is 16.2. The molecule has 1 saturated heterocycles. The molecule has 0 saturated carbocycles. The Morgan fingerprint density at radius 1 is 1.16 bits per heavy atom. The number of carbonyl (C=O) groups is 1. The van der Waals surface area contributed by atoms with Crippen molar-refractivity contribution in [1.29, 1.82) is 0 Å². The predicted octanol–water partition coefficient (Wildman–Crippen LogP) is 1.56. The van der Waals surface area contributed by atoms with Gasteiger partial charge in [0.2, 0.25) is 5.91 Å². The minimum atomic E-state index is 0.0537. The molecule has 1 fully saturated rings. The first-order chi connectivity index (χ1) is 9.11. The van der Waals surface area contributed by atoms with Crippen LogP contribution in [-0.4, -0.2) is 61.0 Å². The molecule has 1 aliphatic heterocycles. The second kappa shape index (κ2) is 8.54. The van der Waals surface area contributed by atoms with E-state index in [0.29, 0.717) is 11.8 Å². The number of piperazine rings is 1. The minimum absolute atomic E-state index is 0.0537. The molecular formula is C15H31N3O. The van der Waals surface area contributed by atoms with Crippen molar-refractivity contribution in [2.24, 2.45) is 5.92 Å². The molecule has 0 aromatic carbocycles. The van der Waals surface area contributed by atoms with Crippen LogP contribution < -0.4 is 5.32 Å². The van der Waals surface area contributed by atoms with Gasteiger partial charge in [0.15, 0.2) is 0 Å². The molecule has 0 aromatic heterocycles. The maximum atomic E-state index is 12.8. The molecule has 0 aromatic rings. The van der Waals surface area contributed by atoms with Gasteiger partial charge in [-0.15, -0.1) is 0 Å². The van der Waals surface area contributed by atoms with Gasteiger partial charge in [-0.2, -0.15) is 0 Å². The van der Waals surface area contributed by atoms with E-state index in [2.05, 4.69) is 37.9 Å². The highest BCUT2D eigenvalue weighted by molar-refractivity contribution is 5.82. The van der Waals surface area contributed by atoms with Gasteiger partial charge in [0.05, 0.1) is 6.04 Å². The molecule has 0 spiro atoms. The summed E-state index contributed by atoms with van der Waals surface area (Å²) in [5, 5.41) is 3.31. The number of hydrogen-bond acceptors (Lipinski definition) is 3. The van der Waals surface area contributed by atoms with Crippen LogP contribution in [0.25, 0.3) is 0 Å². The molecule has 0 bridgehead atoms. The molecule has 112 valence electrons. The highest BCUT2D eigenvalue weighted by Gasteiger charge is 2.32. The normalized spacial score (nSPS) is 18.1. The Kier molecular flexibility index (Phi) is 7.39. The fraction of sp³-hybridized carbons (Fsp3) is 0.933. The van der Waals surface area contributed by atoms with E-state index >= 15 is 0 Å². The topological polar surface area (TPSA) is 35.6 Å². The summed E-state index contributed by atoms with van der Waals surface area (Å²) in [6.45, 7) is 14.3. The summed E-state index contributed by atoms with van der Waals surface area (Å²) >= 11 is 0. The maximum absolute atomic E-state index is 12.8. The van der Waals surface area contributed by atoms with Gasteiger partial charge in [0.1, 0.15) is 0 Å². The van der Waals surface area contributed by atoms with Crippen LogP contribution in [0.15, 0.2) is 0 Å². The zero-order valence-corrected chi connectivity index (χ0v) is 13.1. The van der Waals surface area contributed by atoms with Crippen molar-refractivity contribution in [2.45, 2.75) is 46.6 Å². The minimum Gasteiger partial charge on any atom is -0.339 e. The average molecular weight is 269 g/mol. The maximum Gasteiger partial charge on any atom is 0.240 e. The quantitative estimate of drug-likeness (QED) is 0.762. The van der Waals surface area contributed by atoms with E-state index in [1.165, 1.54) is 0 Å². The zero-order valence-electron chi connectivity index (χ0n) is 13.1. The fourth-order valence-electron chi connectivity index (χ4n) is 2.90. The van der Waals surface area contributed by atoms with E-state index in [0.717, 1.165) is 52.1 Å². The van der Waals surface area contributed by atoms with Gasteiger partial charge in [0.25, 0.3) is 0 Å². The van der Waals surface area contributed by atoms with Gasteiger partial charge in [-0.3, -0.25) is 9.69 Å². The molecule has 1 N–H and O–H groups in total. The molecular weight excluding hydrogens is 238 g/mol. The summed E-state index contributed by atoms with van der Waals surface area (Å²) in [7, 11) is 0. The van der Waals surface area contributed by atoms with Crippen LogP contribution >= 0.6 is 0 Å². The second-order valence-electron chi connectivity index (χ2n) is 5.80. The first-order valence-corrected chi connectivity index (χ1v) is 7.85. The van der Waals surface area contributed by atoms with Crippen molar-refractivity contribution in [3.05, 3.63) is 0 Å². The van der Waals surface area contributed by atoms with E-state index in [1.54, 1.807) is 0 Å². The van der Waals surface area contributed by atoms with Gasteiger partial charge >= 0.3 is 0 Å². The second-order valence-corrected chi connectivity index (χ2v) is 5.80. The summed E-state index contributed by atoms with van der Waals surface area (Å²) in [5.41, 5.74) is 0. The first kappa shape index (κ1) is 16.4. The summed E-state index contributed by atoms with van der Waals surface area (Å²) in [4.78, 5) is 17.2. The zero-order chi connectivity index (χ0) is 14.3. The number of hydrogen-bond donors (Lipinski definition) is 1. The van der Waals surface area contributed by atoms with E-state index in [-0.39, 0.29) is 6.04 Å². The lowest BCUT2D eigenvalue weighted by Gasteiger charge is -2.38. The van der Waals surface area contributed by atoms with Crippen LogP contribution in [0.2, 0.25) is 0 Å². The van der Waals surface area contributed by atoms with Crippen molar-refractivity contribution in [2.75, 3.05) is 39.3 Å². The van der Waals surface area contributed by atoms with Crippen molar-refractivity contribution in [3.63, 3.8) is 0 Å². The van der Waals surface area contributed by atoms with Gasteiger partial charge in [-0.1, -0.05) is 27.7 Å². The Bertz CT molecular complexity index is 256. The Balaban J connectivity index is 2.75. The standard InChI is InChI=1S/C15H31N3O/c1-5-9-17(10-6-2)14(13(3)4)15(19)18-11-7-16-8-12-18/h13-14,16H,5-12H2,1-4H3. The fourth-order valence-corrected chi connectivity index (χ4v) is 2.90. The van der Waals surface area contributed by atoms with Gasteiger partial charge in [0, 0.05) is 26.2 Å². The van der Waals surface area contributed by atoms with Crippen molar-refractivity contribution >= 4 is 5.91 Å². The molecule has 1 heterocycles. The van der Waals surface area contributed by atoms with E-state index in [9.17, 15) is 4.79 Å². The van der Waals surface area contributed by atoms with Crippen molar-refractivity contribution in [1.82, 2.24) is 15.1 Å². The van der Waals surface area contributed by atoms with Crippen LogP contribution in [0.4, 0.5) is 0 Å². The van der Waals surface area contributed by atoms with Gasteiger partial charge in [-0.05, 0) is 31.8 Å². The molecule has 1 unspecified atom stereocenters. The van der Waals surface area contributed by atoms with Crippen LogP contribution in [0.1, 0.15) is 40.5 Å². The summed E-state index contributed by atoms with van der Waals surface area (Å²) in [5.74, 6) is 0.707. The third-order valence-corrected chi connectivity index (χ3v) is 3.73. The molecule has 4 nitrogen and oxygen atoms in total.